The fraction of sp³-hybridized carbons (Fsp3) is 0.355. The second kappa shape index (κ2) is 14.0. The number of carbonyl (C=O) groups excluding carboxylic acids is 2. The van der Waals surface area contributed by atoms with E-state index in [0.29, 0.717) is 17.9 Å². The number of nitrogens with zero attached hydrogens (tertiary/aromatic N) is 2. The average Bonchev–Trinajstić information content (AvgIpc) is 2.95. The van der Waals surface area contributed by atoms with Crippen molar-refractivity contribution in [1.29, 1.82) is 0 Å². The highest BCUT2D eigenvalue weighted by Gasteiger charge is 2.34. The van der Waals surface area contributed by atoms with Crippen molar-refractivity contribution in [1.82, 2.24) is 10.2 Å². The van der Waals surface area contributed by atoms with Crippen LogP contribution in [0.1, 0.15) is 38.3 Å². The molecule has 220 valence electrons. The smallest absolute Gasteiger partial charge is 0.264 e. The second-order valence-electron chi connectivity index (χ2n) is 9.96. The van der Waals surface area contributed by atoms with E-state index in [4.69, 9.17) is 9.47 Å². The van der Waals surface area contributed by atoms with E-state index in [9.17, 15) is 18.0 Å². The number of anilines is 1. The fourth-order valence-corrected chi connectivity index (χ4v) is 5.83. The number of ether oxygens (including phenoxy) is 2. The predicted molar refractivity (Wildman–Crippen MR) is 160 cm³/mol. The topological polar surface area (TPSA) is 105 Å². The Hall–Kier alpha value is -4.05. The summed E-state index contributed by atoms with van der Waals surface area (Å²) in [5.74, 6) is -0.0984. The molecule has 0 aliphatic heterocycles. The van der Waals surface area contributed by atoms with Crippen LogP contribution in [0.4, 0.5) is 5.69 Å². The number of amides is 2. The van der Waals surface area contributed by atoms with Crippen LogP contribution >= 0.6 is 0 Å². The molecule has 0 heterocycles. The molecule has 1 atom stereocenters. The fourth-order valence-electron chi connectivity index (χ4n) is 4.43. The number of nitrogens with one attached hydrogen (secondary N) is 1. The number of aryl methyl sites for hydroxylation is 1. The lowest BCUT2D eigenvalue weighted by Crippen LogP contribution is -2.53. The van der Waals surface area contributed by atoms with Crippen molar-refractivity contribution in [2.24, 2.45) is 0 Å². The van der Waals surface area contributed by atoms with E-state index in [1.54, 1.807) is 24.3 Å². The maximum atomic E-state index is 14.1. The first-order chi connectivity index (χ1) is 19.5. The van der Waals surface area contributed by atoms with Crippen molar-refractivity contribution in [3.8, 4) is 11.5 Å². The van der Waals surface area contributed by atoms with Gasteiger partial charge in [0.25, 0.3) is 10.0 Å². The number of hydrogen-bond acceptors (Lipinski definition) is 6. The molecule has 0 aliphatic rings. The minimum Gasteiger partial charge on any atom is -0.493 e. The zero-order chi connectivity index (χ0) is 30.2. The molecule has 3 rings (SSSR count). The molecule has 1 N–H and O–H groups in total. The van der Waals surface area contributed by atoms with Crippen molar-refractivity contribution >= 4 is 27.5 Å². The lowest BCUT2D eigenvalue weighted by atomic mass is 10.1. The van der Waals surface area contributed by atoms with Gasteiger partial charge in [0.15, 0.2) is 11.5 Å². The highest BCUT2D eigenvalue weighted by Crippen LogP contribution is 2.34. The van der Waals surface area contributed by atoms with Crippen LogP contribution in [0, 0.1) is 6.92 Å². The molecule has 3 aromatic rings. The van der Waals surface area contributed by atoms with Gasteiger partial charge in [-0.15, -0.1) is 0 Å². The van der Waals surface area contributed by atoms with Gasteiger partial charge in [-0.25, -0.2) is 8.42 Å². The van der Waals surface area contributed by atoms with E-state index < -0.39 is 28.5 Å². The van der Waals surface area contributed by atoms with Gasteiger partial charge in [0.2, 0.25) is 11.8 Å². The predicted octanol–water partition coefficient (Wildman–Crippen LogP) is 4.54. The maximum Gasteiger partial charge on any atom is 0.264 e. The average molecular weight is 582 g/mol. The summed E-state index contributed by atoms with van der Waals surface area (Å²) in [6.07, 6.45) is 0.345. The Morgan fingerprint density at radius 1 is 0.902 bits per heavy atom. The van der Waals surface area contributed by atoms with Crippen LogP contribution in [0.3, 0.4) is 0 Å². The molecule has 0 bridgehead atoms. The monoisotopic (exact) mass is 581 g/mol. The number of methoxy groups -OCH3 is 2. The highest BCUT2D eigenvalue weighted by molar-refractivity contribution is 7.92. The van der Waals surface area contributed by atoms with Crippen molar-refractivity contribution in [2.75, 3.05) is 25.1 Å². The zero-order valence-corrected chi connectivity index (χ0v) is 25.3. The summed E-state index contributed by atoms with van der Waals surface area (Å²) in [6, 6.07) is 19.4. The molecule has 41 heavy (non-hydrogen) atoms. The van der Waals surface area contributed by atoms with Crippen LogP contribution < -0.4 is 19.1 Å². The van der Waals surface area contributed by atoms with E-state index >= 15 is 0 Å². The third-order valence-corrected chi connectivity index (χ3v) is 8.34. The molecule has 3 aromatic carbocycles. The summed E-state index contributed by atoms with van der Waals surface area (Å²) in [5, 5.41) is 2.89. The van der Waals surface area contributed by atoms with Crippen LogP contribution in [0.15, 0.2) is 77.7 Å². The third-order valence-electron chi connectivity index (χ3n) is 6.56. The van der Waals surface area contributed by atoms with Gasteiger partial charge in [-0.2, -0.15) is 0 Å². The summed E-state index contributed by atoms with van der Waals surface area (Å²) >= 11 is 0. The Labute approximate surface area is 243 Å². The lowest BCUT2D eigenvalue weighted by molar-refractivity contribution is -0.140. The molecule has 1 unspecified atom stereocenters. The SMILES string of the molecule is CCC(C(=O)NC(C)C)N(Cc1ccccc1)C(=O)CN(c1ccc(OC)c(OC)c1)S(=O)(=O)c1ccc(C)cc1. The van der Waals surface area contributed by atoms with E-state index in [1.807, 2.05) is 58.0 Å². The lowest BCUT2D eigenvalue weighted by Gasteiger charge is -2.33. The molecule has 0 saturated carbocycles. The van der Waals surface area contributed by atoms with Crippen LogP contribution in [-0.2, 0) is 26.2 Å². The van der Waals surface area contributed by atoms with Crippen molar-refractivity contribution in [3.05, 3.63) is 83.9 Å². The van der Waals surface area contributed by atoms with Crippen molar-refractivity contribution in [3.63, 3.8) is 0 Å². The molecule has 0 fully saturated rings. The molecule has 0 saturated heterocycles. The minimum atomic E-state index is -4.20. The van der Waals surface area contributed by atoms with Gasteiger partial charge in [0.05, 0.1) is 24.8 Å². The maximum absolute atomic E-state index is 14.1. The largest absolute Gasteiger partial charge is 0.493 e. The number of rotatable bonds is 13. The van der Waals surface area contributed by atoms with Gasteiger partial charge in [0.1, 0.15) is 12.6 Å². The quantitative estimate of drug-likeness (QED) is 0.318. The Balaban J connectivity index is 2.11. The van der Waals surface area contributed by atoms with Gasteiger partial charge in [0, 0.05) is 18.7 Å². The molecular weight excluding hydrogens is 542 g/mol. The summed E-state index contributed by atoms with van der Waals surface area (Å²) < 4.78 is 39.9. The minimum absolute atomic E-state index is 0.0323. The van der Waals surface area contributed by atoms with Crippen molar-refractivity contribution < 1.29 is 27.5 Å². The van der Waals surface area contributed by atoms with Crippen LogP contribution in [0.2, 0.25) is 0 Å². The highest BCUT2D eigenvalue weighted by atomic mass is 32.2. The van der Waals surface area contributed by atoms with Crippen LogP contribution in [-0.4, -0.2) is 58.0 Å². The van der Waals surface area contributed by atoms with Gasteiger partial charge in [-0.05, 0) is 57.0 Å². The zero-order valence-electron chi connectivity index (χ0n) is 24.5. The van der Waals surface area contributed by atoms with Gasteiger partial charge in [-0.3, -0.25) is 13.9 Å². The van der Waals surface area contributed by atoms with Crippen LogP contribution in [0.5, 0.6) is 11.5 Å². The first-order valence-corrected chi connectivity index (χ1v) is 14.9. The van der Waals surface area contributed by atoms with Crippen LogP contribution in [0.25, 0.3) is 0 Å². The van der Waals surface area contributed by atoms with E-state index in [1.165, 1.54) is 37.3 Å². The Morgan fingerprint density at radius 2 is 1.54 bits per heavy atom. The molecule has 9 nitrogen and oxygen atoms in total. The number of carbonyl (C=O) groups is 2. The Bertz CT molecular complexity index is 1430. The first-order valence-electron chi connectivity index (χ1n) is 13.5. The van der Waals surface area contributed by atoms with Gasteiger partial charge < -0.3 is 19.7 Å². The van der Waals surface area contributed by atoms with Gasteiger partial charge in [-0.1, -0.05) is 55.0 Å². The molecule has 10 heteroatoms. The molecule has 0 radical (unpaired) electrons. The summed E-state index contributed by atoms with van der Waals surface area (Å²) in [7, 11) is -1.27. The second-order valence-corrected chi connectivity index (χ2v) is 11.8. The first kappa shape index (κ1) is 31.5. The summed E-state index contributed by atoms with van der Waals surface area (Å²) in [4.78, 5) is 28.8. The Kier molecular flexibility index (Phi) is 10.8. The third kappa shape index (κ3) is 7.79. The number of benzene rings is 3. The van der Waals surface area contributed by atoms with E-state index in [0.717, 1.165) is 15.4 Å². The number of sulfonamides is 1. The standard InChI is InChI=1S/C31H39N3O6S/c1-7-27(31(36)32-22(2)3)33(20-24-11-9-8-10-12-24)30(35)21-34(25-15-18-28(39-5)29(19-25)40-6)41(37,38)26-16-13-23(4)14-17-26/h8-19,22,27H,7,20-21H2,1-6H3,(H,32,36). The molecule has 0 aromatic heterocycles. The summed E-state index contributed by atoms with van der Waals surface area (Å²) in [5.41, 5.74) is 1.93. The molecule has 0 spiro atoms. The number of hydrogen-bond donors (Lipinski definition) is 1. The summed E-state index contributed by atoms with van der Waals surface area (Å²) in [6.45, 7) is 6.98. The van der Waals surface area contributed by atoms with E-state index in [2.05, 4.69) is 5.32 Å². The normalized spacial score (nSPS) is 12.0. The molecule has 0 aliphatic carbocycles. The van der Waals surface area contributed by atoms with Gasteiger partial charge >= 0.3 is 0 Å². The Morgan fingerprint density at radius 3 is 2.10 bits per heavy atom. The van der Waals surface area contributed by atoms with Crippen molar-refractivity contribution in [2.45, 2.75) is 57.6 Å². The molecule has 2 amide bonds. The van der Waals surface area contributed by atoms with E-state index in [-0.39, 0.29) is 29.1 Å². The molecular formula is C31H39N3O6S.